The van der Waals surface area contributed by atoms with Crippen LogP contribution in [0.1, 0.15) is 22.8 Å². The lowest BCUT2D eigenvalue weighted by molar-refractivity contribution is 0.0962. The molecule has 2 amide bonds. The van der Waals surface area contributed by atoms with Gasteiger partial charge < -0.3 is 20.6 Å². The van der Waals surface area contributed by atoms with Gasteiger partial charge >= 0.3 is 6.09 Å². The molecule has 0 radical (unpaired) electrons. The summed E-state index contributed by atoms with van der Waals surface area (Å²) in [4.78, 5) is 24.5. The van der Waals surface area contributed by atoms with E-state index in [4.69, 9.17) is 5.11 Å². The molecule has 1 aliphatic heterocycles. The highest BCUT2D eigenvalue weighted by molar-refractivity contribution is 5.97. The van der Waals surface area contributed by atoms with E-state index in [9.17, 15) is 9.59 Å². The molecule has 1 aromatic carbocycles. The van der Waals surface area contributed by atoms with Gasteiger partial charge in [-0.15, -0.1) is 0 Å². The molecule has 0 saturated heterocycles. The van der Waals surface area contributed by atoms with Gasteiger partial charge in [0.25, 0.3) is 5.91 Å². The van der Waals surface area contributed by atoms with Crippen LogP contribution in [-0.2, 0) is 6.42 Å². The van der Waals surface area contributed by atoms with Crippen LogP contribution in [-0.4, -0.2) is 43.3 Å². The van der Waals surface area contributed by atoms with Crippen LogP contribution in [0.2, 0.25) is 0 Å². The highest BCUT2D eigenvalue weighted by atomic mass is 16.4. The standard InChI is InChI=1S/C14H19N3O3/c1-9(8-16-14(19)20)17-7-6-10-11(13(18)15-2)4-3-5-12(10)17/h3-5,9,16H,6-8H2,1-2H3,(H,15,18)(H,19,20). The first kappa shape index (κ1) is 14.2. The molecule has 108 valence electrons. The van der Waals surface area contributed by atoms with Crippen molar-refractivity contribution < 1.29 is 14.7 Å². The SMILES string of the molecule is CNC(=O)c1cccc2c1CCN2C(C)CNC(=O)O. The molecule has 1 aromatic rings. The number of nitrogens with zero attached hydrogens (tertiary/aromatic N) is 1. The number of carboxylic acid groups (broad SMARTS) is 1. The molecule has 1 aliphatic rings. The number of carbonyl (C=O) groups is 2. The van der Waals surface area contributed by atoms with E-state index in [1.165, 1.54) is 0 Å². The molecule has 0 spiro atoms. The van der Waals surface area contributed by atoms with Crippen LogP contribution in [0.4, 0.5) is 10.5 Å². The lowest BCUT2D eigenvalue weighted by atomic mass is 10.0. The largest absolute Gasteiger partial charge is 0.465 e. The van der Waals surface area contributed by atoms with Crippen molar-refractivity contribution in [3.63, 3.8) is 0 Å². The van der Waals surface area contributed by atoms with Crippen molar-refractivity contribution in [1.82, 2.24) is 10.6 Å². The third-order valence-electron chi connectivity index (χ3n) is 3.62. The molecular formula is C14H19N3O3. The normalized spacial score (nSPS) is 14.6. The number of hydrogen-bond acceptors (Lipinski definition) is 3. The number of carbonyl (C=O) groups excluding carboxylic acids is 1. The molecule has 1 heterocycles. The van der Waals surface area contributed by atoms with E-state index in [2.05, 4.69) is 15.5 Å². The van der Waals surface area contributed by atoms with Gasteiger partial charge in [-0.3, -0.25) is 4.79 Å². The Kier molecular flexibility index (Phi) is 4.12. The topological polar surface area (TPSA) is 81.7 Å². The van der Waals surface area contributed by atoms with Crippen molar-refractivity contribution in [1.29, 1.82) is 0 Å². The van der Waals surface area contributed by atoms with Crippen LogP contribution >= 0.6 is 0 Å². The minimum absolute atomic E-state index is 0.0484. The number of fused-ring (bicyclic) bond motifs is 1. The Morgan fingerprint density at radius 3 is 2.85 bits per heavy atom. The molecule has 6 nitrogen and oxygen atoms in total. The quantitative estimate of drug-likeness (QED) is 0.769. The first-order valence-electron chi connectivity index (χ1n) is 6.62. The number of amides is 2. The van der Waals surface area contributed by atoms with Crippen LogP contribution < -0.4 is 15.5 Å². The van der Waals surface area contributed by atoms with E-state index in [-0.39, 0.29) is 11.9 Å². The van der Waals surface area contributed by atoms with E-state index < -0.39 is 6.09 Å². The molecule has 6 heteroatoms. The first-order valence-corrected chi connectivity index (χ1v) is 6.62. The third-order valence-corrected chi connectivity index (χ3v) is 3.62. The Balaban J connectivity index is 2.20. The maximum Gasteiger partial charge on any atom is 0.404 e. The Hall–Kier alpha value is -2.24. The van der Waals surface area contributed by atoms with Crippen molar-refractivity contribution in [2.24, 2.45) is 0 Å². The monoisotopic (exact) mass is 277 g/mol. The number of benzene rings is 1. The summed E-state index contributed by atoms with van der Waals surface area (Å²) in [7, 11) is 1.62. The van der Waals surface area contributed by atoms with Gasteiger partial charge in [-0.25, -0.2) is 4.79 Å². The van der Waals surface area contributed by atoms with Crippen molar-refractivity contribution >= 4 is 17.7 Å². The molecule has 0 fully saturated rings. The van der Waals surface area contributed by atoms with E-state index in [1.807, 2.05) is 25.1 Å². The molecular weight excluding hydrogens is 258 g/mol. The Morgan fingerprint density at radius 1 is 1.45 bits per heavy atom. The van der Waals surface area contributed by atoms with E-state index in [0.717, 1.165) is 24.2 Å². The van der Waals surface area contributed by atoms with E-state index in [0.29, 0.717) is 12.1 Å². The van der Waals surface area contributed by atoms with Crippen LogP contribution in [0.3, 0.4) is 0 Å². The number of nitrogens with one attached hydrogen (secondary N) is 2. The molecule has 1 atom stereocenters. The summed E-state index contributed by atoms with van der Waals surface area (Å²) >= 11 is 0. The lowest BCUT2D eigenvalue weighted by Gasteiger charge is -2.27. The predicted molar refractivity (Wildman–Crippen MR) is 76.4 cm³/mol. The van der Waals surface area contributed by atoms with Gasteiger partial charge in [0, 0.05) is 37.4 Å². The third kappa shape index (κ3) is 2.68. The molecule has 2 rings (SSSR count). The molecule has 0 aliphatic carbocycles. The Morgan fingerprint density at radius 2 is 2.20 bits per heavy atom. The summed E-state index contributed by atoms with van der Waals surface area (Å²) in [6.45, 7) is 3.13. The summed E-state index contributed by atoms with van der Waals surface area (Å²) in [6.07, 6.45) is -0.216. The number of anilines is 1. The van der Waals surface area contributed by atoms with Crippen LogP contribution in [0.15, 0.2) is 18.2 Å². The van der Waals surface area contributed by atoms with Gasteiger partial charge in [0.15, 0.2) is 0 Å². The van der Waals surface area contributed by atoms with Crippen LogP contribution in [0.5, 0.6) is 0 Å². The van der Waals surface area contributed by atoms with Crippen molar-refractivity contribution in [3.8, 4) is 0 Å². The molecule has 0 aromatic heterocycles. The number of rotatable bonds is 4. The predicted octanol–water partition coefficient (Wildman–Crippen LogP) is 1.06. The van der Waals surface area contributed by atoms with Crippen LogP contribution in [0, 0.1) is 0 Å². The minimum atomic E-state index is -1.02. The average molecular weight is 277 g/mol. The molecule has 1 unspecified atom stereocenters. The van der Waals surface area contributed by atoms with Gasteiger partial charge in [0.05, 0.1) is 0 Å². The number of hydrogen-bond donors (Lipinski definition) is 3. The zero-order chi connectivity index (χ0) is 14.7. The molecule has 0 bridgehead atoms. The first-order chi connectivity index (χ1) is 9.54. The molecule has 3 N–H and O–H groups in total. The smallest absolute Gasteiger partial charge is 0.404 e. The average Bonchev–Trinajstić information content (AvgIpc) is 2.87. The van der Waals surface area contributed by atoms with Gasteiger partial charge in [-0.1, -0.05) is 6.07 Å². The Bertz CT molecular complexity index is 530. The molecule has 20 heavy (non-hydrogen) atoms. The second-order valence-corrected chi connectivity index (χ2v) is 4.86. The maximum absolute atomic E-state index is 11.8. The van der Waals surface area contributed by atoms with E-state index >= 15 is 0 Å². The highest BCUT2D eigenvalue weighted by Crippen LogP contribution is 2.32. The fraction of sp³-hybridized carbons (Fsp3) is 0.429. The summed E-state index contributed by atoms with van der Waals surface area (Å²) in [5.74, 6) is -0.0833. The summed E-state index contributed by atoms with van der Waals surface area (Å²) in [5, 5.41) is 13.7. The second kappa shape index (κ2) is 5.81. The summed E-state index contributed by atoms with van der Waals surface area (Å²) in [5.41, 5.74) is 2.76. The second-order valence-electron chi connectivity index (χ2n) is 4.86. The van der Waals surface area contributed by atoms with Gasteiger partial charge in [-0.05, 0) is 31.0 Å². The van der Waals surface area contributed by atoms with Gasteiger partial charge in [0.1, 0.15) is 0 Å². The zero-order valence-electron chi connectivity index (χ0n) is 11.6. The lowest BCUT2D eigenvalue weighted by Crippen LogP contribution is -2.41. The van der Waals surface area contributed by atoms with E-state index in [1.54, 1.807) is 7.05 Å². The van der Waals surface area contributed by atoms with Gasteiger partial charge in [-0.2, -0.15) is 0 Å². The molecule has 0 saturated carbocycles. The van der Waals surface area contributed by atoms with Crippen molar-refractivity contribution in [3.05, 3.63) is 29.3 Å². The summed E-state index contributed by atoms with van der Waals surface area (Å²) < 4.78 is 0. The van der Waals surface area contributed by atoms with Gasteiger partial charge in [0.2, 0.25) is 0 Å². The minimum Gasteiger partial charge on any atom is -0.465 e. The fourth-order valence-electron chi connectivity index (χ4n) is 2.61. The van der Waals surface area contributed by atoms with Crippen molar-refractivity contribution in [2.45, 2.75) is 19.4 Å². The Labute approximate surface area is 117 Å². The maximum atomic E-state index is 11.8. The fourth-order valence-corrected chi connectivity index (χ4v) is 2.61. The summed E-state index contributed by atoms with van der Waals surface area (Å²) in [6, 6.07) is 5.71. The highest BCUT2D eigenvalue weighted by Gasteiger charge is 2.26. The van der Waals surface area contributed by atoms with Crippen LogP contribution in [0.25, 0.3) is 0 Å². The van der Waals surface area contributed by atoms with Crippen molar-refractivity contribution in [2.75, 3.05) is 25.0 Å². The zero-order valence-corrected chi connectivity index (χ0v) is 11.6.